The summed E-state index contributed by atoms with van der Waals surface area (Å²) in [7, 11) is 1.86. The summed E-state index contributed by atoms with van der Waals surface area (Å²) in [5, 5.41) is 11.2. The fourth-order valence-corrected chi connectivity index (χ4v) is 8.27. The smallest absolute Gasteiger partial charge is 0.331 e. The van der Waals surface area contributed by atoms with E-state index in [2.05, 4.69) is 126 Å². The topological polar surface area (TPSA) is 37.1 Å². The molecule has 0 saturated carbocycles. The van der Waals surface area contributed by atoms with Crippen LogP contribution in [0.15, 0.2) is 127 Å². The number of aromatic nitrogens is 1. The first-order valence-electron chi connectivity index (χ1n) is 16.7. The lowest BCUT2D eigenvalue weighted by molar-refractivity contribution is -0.0893. The maximum absolute atomic E-state index is 8.64. The largest absolute Gasteiger partial charge is 0.439 e. The van der Waals surface area contributed by atoms with Gasteiger partial charge in [0.1, 0.15) is 5.60 Å². The monoisotopic (exact) mass is 611 g/mol. The van der Waals surface area contributed by atoms with Crippen LogP contribution in [0.25, 0.3) is 44.2 Å². The SMILES string of the molecule is CC(C)([OH2+])C(C)(C)O[B]c1ccc2c(c1)C1(C3=C(CCC(n4c5ccccc5c5ccccc54)=C3)c3ccccc31)c1ccccc1-2. The molecule has 1 aromatic heterocycles. The molecule has 47 heavy (non-hydrogen) atoms. The quantitative estimate of drug-likeness (QED) is 0.142. The number of hydrogen-bond acceptors (Lipinski definition) is 1. The number of hydrogen-bond donors (Lipinski definition) is 0. The first kappa shape index (κ1) is 28.6. The van der Waals surface area contributed by atoms with Gasteiger partial charge >= 0.3 is 7.48 Å². The van der Waals surface area contributed by atoms with Gasteiger partial charge in [-0.1, -0.05) is 109 Å². The van der Waals surface area contributed by atoms with E-state index in [0.29, 0.717) is 0 Å². The Morgan fingerprint density at radius 2 is 1.23 bits per heavy atom. The summed E-state index contributed by atoms with van der Waals surface area (Å²) in [6.07, 6.45) is 4.49. The second-order valence-corrected chi connectivity index (χ2v) is 14.4. The number of rotatable bonds is 5. The molecule has 0 saturated heterocycles. The molecular weight excluding hydrogens is 573 g/mol. The van der Waals surface area contributed by atoms with Crippen LogP contribution < -0.4 is 5.46 Å². The van der Waals surface area contributed by atoms with E-state index in [1.807, 2.05) is 35.2 Å². The predicted octanol–water partition coefficient (Wildman–Crippen LogP) is 8.75. The maximum Gasteiger partial charge on any atom is 0.331 e. The van der Waals surface area contributed by atoms with Crippen LogP contribution in [0.1, 0.15) is 62.8 Å². The zero-order valence-electron chi connectivity index (χ0n) is 27.4. The molecule has 9 rings (SSSR count). The summed E-state index contributed by atoms with van der Waals surface area (Å²) in [5.41, 5.74) is 13.8. The Morgan fingerprint density at radius 1 is 0.660 bits per heavy atom. The van der Waals surface area contributed by atoms with Crippen LogP contribution in [0.5, 0.6) is 0 Å². The highest BCUT2D eigenvalue weighted by atomic mass is 16.5. The van der Waals surface area contributed by atoms with Crippen molar-refractivity contribution >= 4 is 46.0 Å². The normalized spacial score (nSPS) is 18.4. The standard InChI is InChI=1S/C43H37BNO2/c1-41(2,46)42(3,4)47-44-27-21-23-31-29-13-5-9-17-35(29)43(37(31)25-27)36-18-10-6-14-30(36)32-24-22-28(26-38(32)43)45-39-19-11-7-15-33(39)34-16-8-12-20-40(34)45/h5-21,23,25-26,46H,22,24H2,1-4H3/p+1. The molecule has 0 aliphatic heterocycles. The summed E-state index contributed by atoms with van der Waals surface area (Å²) in [4.78, 5) is 0. The molecule has 1 atom stereocenters. The summed E-state index contributed by atoms with van der Waals surface area (Å²) in [6, 6.07) is 42.5. The molecule has 1 spiro atoms. The molecule has 229 valence electrons. The van der Waals surface area contributed by atoms with Gasteiger partial charge in [-0.3, -0.25) is 0 Å². The lowest BCUT2D eigenvalue weighted by Gasteiger charge is -2.34. The summed E-state index contributed by atoms with van der Waals surface area (Å²) in [5.74, 6) is 0. The lowest BCUT2D eigenvalue weighted by Crippen LogP contribution is -2.49. The van der Waals surface area contributed by atoms with E-state index in [1.165, 1.54) is 72.0 Å². The van der Waals surface area contributed by atoms with Crippen molar-refractivity contribution in [1.82, 2.24) is 4.57 Å². The molecule has 0 bridgehead atoms. The van der Waals surface area contributed by atoms with E-state index in [4.69, 9.17) is 9.76 Å². The van der Waals surface area contributed by atoms with Crippen molar-refractivity contribution in [1.29, 1.82) is 0 Å². The molecule has 1 heterocycles. The van der Waals surface area contributed by atoms with E-state index < -0.39 is 16.6 Å². The van der Waals surface area contributed by atoms with Crippen LogP contribution in [-0.2, 0) is 10.1 Å². The molecule has 0 amide bonds. The molecule has 3 nitrogen and oxygen atoms in total. The minimum atomic E-state index is -0.752. The molecule has 2 N–H and O–H groups in total. The highest BCUT2D eigenvalue weighted by Gasteiger charge is 2.53. The highest BCUT2D eigenvalue weighted by molar-refractivity contribution is 6.47. The molecule has 3 aliphatic carbocycles. The van der Waals surface area contributed by atoms with E-state index >= 15 is 0 Å². The minimum Gasteiger partial charge on any atom is -0.439 e. The van der Waals surface area contributed by atoms with Crippen molar-refractivity contribution in [3.8, 4) is 11.1 Å². The van der Waals surface area contributed by atoms with Gasteiger partial charge in [-0.15, -0.1) is 0 Å². The van der Waals surface area contributed by atoms with Gasteiger partial charge in [0.25, 0.3) is 0 Å². The second kappa shape index (κ2) is 9.93. The van der Waals surface area contributed by atoms with E-state index in [-0.39, 0.29) is 0 Å². The average molecular weight is 612 g/mol. The predicted molar refractivity (Wildman–Crippen MR) is 196 cm³/mol. The highest BCUT2D eigenvalue weighted by Crippen LogP contribution is 2.63. The molecule has 0 fully saturated rings. The summed E-state index contributed by atoms with van der Waals surface area (Å²) >= 11 is 0. The number of para-hydroxylation sites is 2. The molecule has 3 aliphatic rings. The Labute approximate surface area is 277 Å². The van der Waals surface area contributed by atoms with Crippen molar-refractivity contribution < 1.29 is 9.76 Å². The maximum atomic E-state index is 8.64. The Balaban J connectivity index is 1.29. The minimum absolute atomic E-state index is 0.434. The Bertz CT molecular complexity index is 2280. The zero-order chi connectivity index (χ0) is 32.1. The van der Waals surface area contributed by atoms with Gasteiger partial charge in [-0.2, -0.15) is 0 Å². The number of fused-ring (bicyclic) bond motifs is 12. The van der Waals surface area contributed by atoms with Crippen molar-refractivity contribution in [2.24, 2.45) is 0 Å². The molecule has 1 radical (unpaired) electrons. The average Bonchev–Trinajstić information content (AvgIpc) is 3.68. The van der Waals surface area contributed by atoms with Crippen molar-refractivity contribution in [3.63, 3.8) is 0 Å². The Kier molecular flexibility index (Phi) is 6.04. The third kappa shape index (κ3) is 3.89. The van der Waals surface area contributed by atoms with Gasteiger partial charge in [0.15, 0.2) is 5.60 Å². The first-order valence-corrected chi connectivity index (χ1v) is 16.7. The molecule has 1 unspecified atom stereocenters. The van der Waals surface area contributed by atoms with Crippen LogP contribution in [-0.4, -0.2) is 28.4 Å². The van der Waals surface area contributed by atoms with Gasteiger partial charge in [-0.25, -0.2) is 0 Å². The van der Waals surface area contributed by atoms with Crippen molar-refractivity contribution in [2.45, 2.75) is 57.2 Å². The fourth-order valence-electron chi connectivity index (χ4n) is 8.27. The Morgan fingerprint density at radius 3 is 1.91 bits per heavy atom. The fraction of sp³-hybridized carbons (Fsp3) is 0.209. The molecule has 6 aromatic rings. The van der Waals surface area contributed by atoms with Gasteiger partial charge in [0.05, 0.1) is 16.4 Å². The van der Waals surface area contributed by atoms with Gasteiger partial charge < -0.3 is 14.3 Å². The van der Waals surface area contributed by atoms with Gasteiger partial charge in [-0.05, 0) is 89.4 Å². The third-order valence-electron chi connectivity index (χ3n) is 11.3. The van der Waals surface area contributed by atoms with Crippen molar-refractivity contribution in [2.75, 3.05) is 0 Å². The molecule has 5 aromatic carbocycles. The van der Waals surface area contributed by atoms with E-state index in [9.17, 15) is 0 Å². The van der Waals surface area contributed by atoms with E-state index in [0.717, 1.165) is 18.3 Å². The van der Waals surface area contributed by atoms with Crippen LogP contribution in [0.2, 0.25) is 0 Å². The number of benzene rings is 5. The third-order valence-corrected chi connectivity index (χ3v) is 11.3. The summed E-state index contributed by atoms with van der Waals surface area (Å²) in [6.45, 7) is 7.80. The molecule has 4 heteroatoms. The van der Waals surface area contributed by atoms with Crippen LogP contribution in [0.3, 0.4) is 0 Å². The summed E-state index contributed by atoms with van der Waals surface area (Å²) < 4.78 is 8.86. The molecular formula is C43H38BNO2+. The van der Waals surface area contributed by atoms with Crippen LogP contribution in [0, 0.1) is 0 Å². The van der Waals surface area contributed by atoms with Gasteiger partial charge in [0, 0.05) is 30.3 Å². The van der Waals surface area contributed by atoms with E-state index in [1.54, 1.807) is 0 Å². The lowest BCUT2D eigenvalue weighted by atomic mass is 9.67. The first-order chi connectivity index (χ1) is 22.7. The van der Waals surface area contributed by atoms with Crippen LogP contribution in [0.4, 0.5) is 0 Å². The zero-order valence-corrected chi connectivity index (χ0v) is 27.4. The van der Waals surface area contributed by atoms with Crippen molar-refractivity contribution in [3.05, 3.63) is 149 Å². The number of nitrogens with zero attached hydrogens (tertiary/aromatic N) is 1. The second-order valence-electron chi connectivity index (χ2n) is 14.4. The van der Waals surface area contributed by atoms with Gasteiger partial charge in [0.2, 0.25) is 0 Å². The number of allylic oxidation sites excluding steroid dienone is 4. The Hall–Kier alpha value is -4.64. The van der Waals surface area contributed by atoms with Crippen LogP contribution >= 0.6 is 0 Å².